The molecule has 1 N–H and O–H groups in total. The topological polar surface area (TPSA) is 37.3 Å². The van der Waals surface area contributed by atoms with Crippen LogP contribution in [0, 0.1) is 0 Å². The summed E-state index contributed by atoms with van der Waals surface area (Å²) in [5.74, 6) is -0.682. The molecule has 0 fully saturated rings. The first-order valence-electron chi connectivity index (χ1n) is 3.19. The van der Waals surface area contributed by atoms with Gasteiger partial charge in [0, 0.05) is 6.42 Å². The third-order valence-corrected chi connectivity index (χ3v) is 1.50. The Labute approximate surface area is 74.4 Å². The fraction of sp³-hybridized carbons (Fsp3) is 0.833. The van der Waals surface area contributed by atoms with Gasteiger partial charge in [-0.1, -0.05) is 6.42 Å². The highest BCUT2D eigenvalue weighted by atomic mass is 79.9. The average molecular weight is 229 g/mol. The Bertz CT molecular complexity index is 87.8. The lowest BCUT2D eigenvalue weighted by molar-refractivity contribution is -0.137. The molecule has 0 aliphatic carbocycles. The van der Waals surface area contributed by atoms with Crippen molar-refractivity contribution in [2.45, 2.75) is 25.7 Å². The fourth-order valence-electron chi connectivity index (χ4n) is 0.597. The van der Waals surface area contributed by atoms with Crippen LogP contribution in [0.4, 0.5) is 0 Å². The lowest BCUT2D eigenvalue weighted by Gasteiger charge is -1.92. The molecule has 10 heavy (non-hydrogen) atoms. The molecule has 0 radical (unpaired) electrons. The molecule has 1 unspecified atom stereocenters. The summed E-state index contributed by atoms with van der Waals surface area (Å²) in [6.45, 7) is 0. The Morgan fingerprint density at radius 2 is 1.90 bits per heavy atom. The van der Waals surface area contributed by atoms with E-state index in [0.29, 0.717) is 6.42 Å². The van der Waals surface area contributed by atoms with Crippen LogP contribution in [0.2, 0.25) is 0 Å². The molecule has 0 rings (SSSR count). The molecule has 0 aromatic heterocycles. The van der Waals surface area contributed by atoms with Gasteiger partial charge in [0.25, 0.3) is 0 Å². The molecule has 0 heterocycles. The third-order valence-electron chi connectivity index (χ3n) is 1.09. The molecule has 0 aliphatic rings. The first-order chi connectivity index (χ1) is 4.27. The van der Waals surface area contributed by atoms with Crippen molar-refractivity contribution in [2.24, 2.45) is 0 Å². The van der Waals surface area contributed by atoms with Gasteiger partial charge in [-0.2, -0.15) is 0 Å². The molecule has 0 aliphatic heterocycles. The number of aliphatic carboxylic acids is 1. The van der Waals surface area contributed by atoms with E-state index in [9.17, 15) is 4.79 Å². The van der Waals surface area contributed by atoms with E-state index in [-0.39, 0.29) is 17.0 Å². The van der Waals surface area contributed by atoms with Crippen molar-refractivity contribution in [3.05, 3.63) is 0 Å². The molecule has 0 amide bonds. The first-order valence-corrected chi connectivity index (χ1v) is 4.01. The number of unbranched alkanes of at least 4 members (excludes halogenated alkanes) is 2. The molecule has 0 spiro atoms. The second-order valence-corrected chi connectivity index (χ2v) is 2.57. The van der Waals surface area contributed by atoms with E-state index in [1.807, 2.05) is 0 Å². The van der Waals surface area contributed by atoms with E-state index in [1.165, 1.54) is 0 Å². The van der Waals surface area contributed by atoms with Gasteiger partial charge in [0.2, 0.25) is 0 Å². The molecule has 0 aromatic rings. The predicted molar refractivity (Wildman–Crippen MR) is 51.0 cm³/mol. The molecule has 0 bridgehead atoms. The summed E-state index contributed by atoms with van der Waals surface area (Å²) < 4.78 is 0. The van der Waals surface area contributed by atoms with Gasteiger partial charge in [-0.05, 0) is 19.0 Å². The fourth-order valence-corrected chi connectivity index (χ4v) is 0.886. The number of hydrogen-bond donors (Lipinski definition) is 1. The van der Waals surface area contributed by atoms with Crippen molar-refractivity contribution < 1.29 is 9.90 Å². The van der Waals surface area contributed by atoms with Crippen molar-refractivity contribution >= 4 is 32.2 Å². The minimum Gasteiger partial charge on any atom is -0.481 e. The van der Waals surface area contributed by atoms with Crippen LogP contribution in [0.3, 0.4) is 0 Å². The molecule has 0 aromatic carbocycles. The molecular weight excluding hydrogens is 215 g/mol. The van der Waals surface area contributed by atoms with E-state index < -0.39 is 5.97 Å². The maximum Gasteiger partial charge on any atom is 0.303 e. The monoisotopic (exact) mass is 228 g/mol. The molecule has 0 saturated carbocycles. The number of hydrogen-bond acceptors (Lipinski definition) is 1. The van der Waals surface area contributed by atoms with Crippen LogP contribution in [0.25, 0.3) is 0 Å². The SMILES string of the molecule is Br.O=C(O)CCCCCP. The zero-order valence-corrected chi connectivity index (χ0v) is 8.74. The minimum atomic E-state index is -0.682. The van der Waals surface area contributed by atoms with Crippen LogP contribution in [0.5, 0.6) is 0 Å². The first kappa shape index (κ1) is 13.0. The highest BCUT2D eigenvalue weighted by Gasteiger charge is 1.93. The van der Waals surface area contributed by atoms with Crippen LogP contribution in [0.15, 0.2) is 0 Å². The molecule has 2 nitrogen and oxygen atoms in total. The number of rotatable bonds is 5. The smallest absolute Gasteiger partial charge is 0.303 e. The predicted octanol–water partition coefficient (Wildman–Crippen LogP) is 2.08. The lowest BCUT2D eigenvalue weighted by Crippen LogP contribution is -1.93. The Kier molecular flexibility index (Phi) is 12.2. The van der Waals surface area contributed by atoms with Gasteiger partial charge in [-0.25, -0.2) is 0 Å². The van der Waals surface area contributed by atoms with E-state index >= 15 is 0 Å². The molecule has 4 heteroatoms. The Hall–Kier alpha value is 0.380. The van der Waals surface area contributed by atoms with Crippen LogP contribution >= 0.6 is 26.2 Å². The van der Waals surface area contributed by atoms with Gasteiger partial charge in [0.05, 0.1) is 0 Å². The number of carboxylic acid groups (broad SMARTS) is 1. The zero-order valence-electron chi connectivity index (χ0n) is 5.88. The summed E-state index contributed by atoms with van der Waals surface area (Å²) in [5.41, 5.74) is 0. The summed E-state index contributed by atoms with van der Waals surface area (Å²) in [6.07, 6.45) is 4.39. The van der Waals surface area contributed by atoms with Crippen molar-refractivity contribution in [3.8, 4) is 0 Å². The lowest BCUT2D eigenvalue weighted by atomic mass is 10.2. The normalized spacial score (nSPS) is 8.50. The van der Waals surface area contributed by atoms with Crippen molar-refractivity contribution in [1.82, 2.24) is 0 Å². The zero-order chi connectivity index (χ0) is 7.11. The van der Waals surface area contributed by atoms with Gasteiger partial charge in [0.1, 0.15) is 0 Å². The molecular formula is C6H14BrO2P. The average Bonchev–Trinajstić information content (AvgIpc) is 1.80. The summed E-state index contributed by atoms with van der Waals surface area (Å²) in [5, 5.41) is 8.21. The van der Waals surface area contributed by atoms with Crippen LogP contribution in [-0.2, 0) is 4.79 Å². The standard InChI is InChI=1S/C6H13O2P.BrH/c7-6(8)4-2-1-3-5-9;/h1-5,9H2,(H,7,8);1H. The Morgan fingerprint density at radius 1 is 1.30 bits per heavy atom. The van der Waals surface area contributed by atoms with Crippen molar-refractivity contribution in [2.75, 3.05) is 6.16 Å². The molecule has 1 atom stereocenters. The second-order valence-electron chi connectivity index (χ2n) is 1.99. The van der Waals surface area contributed by atoms with Crippen molar-refractivity contribution in [1.29, 1.82) is 0 Å². The summed E-state index contributed by atoms with van der Waals surface area (Å²) in [6, 6.07) is 0. The number of carboxylic acids is 1. The Balaban J connectivity index is 0. The molecule has 0 saturated heterocycles. The van der Waals surface area contributed by atoms with Gasteiger partial charge in [0.15, 0.2) is 0 Å². The quantitative estimate of drug-likeness (QED) is 0.578. The largest absolute Gasteiger partial charge is 0.481 e. The van der Waals surface area contributed by atoms with Crippen LogP contribution < -0.4 is 0 Å². The van der Waals surface area contributed by atoms with Gasteiger partial charge in [-0.3, -0.25) is 4.79 Å². The van der Waals surface area contributed by atoms with Crippen LogP contribution in [0.1, 0.15) is 25.7 Å². The van der Waals surface area contributed by atoms with Gasteiger partial charge in [-0.15, -0.1) is 26.2 Å². The second kappa shape index (κ2) is 9.38. The maximum absolute atomic E-state index is 9.96. The summed E-state index contributed by atoms with van der Waals surface area (Å²) >= 11 is 0. The maximum atomic E-state index is 9.96. The number of halogens is 1. The van der Waals surface area contributed by atoms with Crippen LogP contribution in [-0.4, -0.2) is 17.2 Å². The van der Waals surface area contributed by atoms with E-state index in [2.05, 4.69) is 9.24 Å². The summed E-state index contributed by atoms with van der Waals surface area (Å²) in [7, 11) is 2.63. The van der Waals surface area contributed by atoms with E-state index in [1.54, 1.807) is 0 Å². The highest BCUT2D eigenvalue weighted by Crippen LogP contribution is 2.01. The summed E-state index contributed by atoms with van der Waals surface area (Å²) in [4.78, 5) is 9.96. The minimum absolute atomic E-state index is 0. The Morgan fingerprint density at radius 3 is 2.30 bits per heavy atom. The van der Waals surface area contributed by atoms with E-state index in [0.717, 1.165) is 25.4 Å². The van der Waals surface area contributed by atoms with Crippen molar-refractivity contribution in [3.63, 3.8) is 0 Å². The van der Waals surface area contributed by atoms with Gasteiger partial charge < -0.3 is 5.11 Å². The molecule has 62 valence electrons. The van der Waals surface area contributed by atoms with E-state index in [4.69, 9.17) is 5.11 Å². The van der Waals surface area contributed by atoms with Gasteiger partial charge >= 0.3 is 5.97 Å². The third kappa shape index (κ3) is 11.2. The number of carbonyl (C=O) groups is 1. The highest BCUT2D eigenvalue weighted by molar-refractivity contribution is 8.93.